The number of aromatic nitrogens is 4. The Morgan fingerprint density at radius 3 is 1.73 bits per heavy atom. The van der Waals surface area contributed by atoms with Gasteiger partial charge in [0.25, 0.3) is 11.1 Å². The van der Waals surface area contributed by atoms with Crippen LogP contribution in [0.3, 0.4) is 0 Å². The first-order valence-corrected chi connectivity index (χ1v) is 12.0. The number of phenols is 1. The summed E-state index contributed by atoms with van der Waals surface area (Å²) in [6, 6.07) is 24.9. The topological polar surface area (TPSA) is 86.1 Å². The third-order valence-corrected chi connectivity index (χ3v) is 6.98. The van der Waals surface area contributed by atoms with Crippen LogP contribution >= 0.6 is 0 Å². The van der Waals surface area contributed by atoms with E-state index in [1.54, 1.807) is 43.0 Å². The number of hydrogen-bond acceptors (Lipinski definition) is 4. The van der Waals surface area contributed by atoms with Crippen LogP contribution < -0.4 is 16.4 Å². The molecule has 0 aliphatic rings. The first kappa shape index (κ1) is 24.0. The van der Waals surface area contributed by atoms with Gasteiger partial charge in [0.15, 0.2) is 0 Å². The molecule has 0 spiro atoms. The normalized spacial score (nSPS) is 12.0. The van der Waals surface area contributed by atoms with Crippen molar-refractivity contribution in [3.05, 3.63) is 128 Å². The molecule has 37 heavy (non-hydrogen) atoms. The predicted molar refractivity (Wildman–Crippen MR) is 145 cm³/mol. The summed E-state index contributed by atoms with van der Waals surface area (Å²) in [6.45, 7) is 3.72. The van der Waals surface area contributed by atoms with Crippen LogP contribution in [0.25, 0.3) is 11.4 Å². The van der Waals surface area contributed by atoms with Gasteiger partial charge in [0, 0.05) is 25.4 Å². The van der Waals surface area contributed by atoms with Gasteiger partial charge in [-0.05, 0) is 44.2 Å². The van der Waals surface area contributed by atoms with Crippen molar-refractivity contribution < 1.29 is 5.11 Å². The summed E-state index contributed by atoms with van der Waals surface area (Å²) in [5.74, 6) is 0.0332. The van der Waals surface area contributed by atoms with Gasteiger partial charge >= 0.3 is 0 Å². The monoisotopic (exact) mass is 495 g/mol. The van der Waals surface area contributed by atoms with E-state index in [0.29, 0.717) is 28.2 Å². The van der Waals surface area contributed by atoms with E-state index in [4.69, 9.17) is 0 Å². The van der Waals surface area contributed by atoms with E-state index < -0.39 is 6.04 Å². The highest BCUT2D eigenvalue weighted by atomic mass is 16.3. The van der Waals surface area contributed by atoms with Gasteiger partial charge in [-0.25, -0.2) is 9.36 Å². The number of aromatic hydroxyl groups is 1. The quantitative estimate of drug-likeness (QED) is 0.370. The number of anilines is 1. The van der Waals surface area contributed by atoms with Crippen molar-refractivity contribution in [2.45, 2.75) is 19.9 Å². The first-order valence-electron chi connectivity index (χ1n) is 12.0. The van der Waals surface area contributed by atoms with Gasteiger partial charge in [-0.1, -0.05) is 54.6 Å². The summed E-state index contributed by atoms with van der Waals surface area (Å²) in [4.78, 5) is 27.6. The minimum Gasteiger partial charge on any atom is -0.508 e. The lowest BCUT2D eigenvalue weighted by atomic mass is 9.97. The molecule has 3 aromatic carbocycles. The Hall–Kier alpha value is -4.72. The van der Waals surface area contributed by atoms with Crippen LogP contribution in [0.4, 0.5) is 5.69 Å². The molecule has 188 valence electrons. The largest absolute Gasteiger partial charge is 0.508 e. The summed E-state index contributed by atoms with van der Waals surface area (Å²) in [5, 5.41) is 14.2. The van der Waals surface area contributed by atoms with Gasteiger partial charge in [-0.3, -0.25) is 19.0 Å². The van der Waals surface area contributed by atoms with Crippen LogP contribution in [-0.4, -0.2) is 23.8 Å². The Bertz CT molecular complexity index is 1690. The van der Waals surface area contributed by atoms with Gasteiger partial charge in [-0.15, -0.1) is 0 Å². The first-order chi connectivity index (χ1) is 17.8. The second-order valence-electron chi connectivity index (χ2n) is 9.05. The molecule has 2 aromatic heterocycles. The molecule has 5 aromatic rings. The van der Waals surface area contributed by atoms with Crippen LogP contribution in [0.5, 0.6) is 5.75 Å². The zero-order valence-corrected chi connectivity index (χ0v) is 21.2. The summed E-state index contributed by atoms with van der Waals surface area (Å²) >= 11 is 0. The molecule has 2 N–H and O–H groups in total. The van der Waals surface area contributed by atoms with Crippen LogP contribution in [0.15, 0.2) is 94.5 Å². The fourth-order valence-electron chi connectivity index (χ4n) is 4.84. The van der Waals surface area contributed by atoms with Crippen LogP contribution in [0.2, 0.25) is 0 Å². The molecule has 0 amide bonds. The molecule has 2 heterocycles. The second kappa shape index (κ2) is 9.39. The van der Waals surface area contributed by atoms with Gasteiger partial charge in [0.05, 0.1) is 28.7 Å². The third kappa shape index (κ3) is 3.96. The molecule has 0 radical (unpaired) electrons. The highest BCUT2D eigenvalue weighted by Gasteiger charge is 2.29. The van der Waals surface area contributed by atoms with Crippen LogP contribution in [-0.2, 0) is 14.1 Å². The highest BCUT2D eigenvalue weighted by Crippen LogP contribution is 2.33. The smallest absolute Gasteiger partial charge is 0.295 e. The van der Waals surface area contributed by atoms with E-state index >= 15 is 0 Å². The molecule has 8 heteroatoms. The lowest BCUT2D eigenvalue weighted by Crippen LogP contribution is -2.27. The van der Waals surface area contributed by atoms with Crippen LogP contribution in [0, 0.1) is 13.8 Å². The zero-order chi connectivity index (χ0) is 26.3. The molecular formula is C29H29N5O3. The van der Waals surface area contributed by atoms with Crippen molar-refractivity contribution in [2.75, 3.05) is 5.32 Å². The van der Waals surface area contributed by atoms with Crippen molar-refractivity contribution in [1.29, 1.82) is 0 Å². The average molecular weight is 496 g/mol. The predicted octanol–water partition coefficient (Wildman–Crippen LogP) is 4.19. The SMILES string of the molecule is Cc1c(N[C@@H](c2ccccc2O)c2c(C)n(C)n(-c3ccccc3)c2=O)c(=O)n(-c2ccccc2)n1C. The summed E-state index contributed by atoms with van der Waals surface area (Å²) in [5.41, 5.74) is 3.69. The van der Waals surface area contributed by atoms with E-state index in [0.717, 1.165) is 11.4 Å². The van der Waals surface area contributed by atoms with Crippen molar-refractivity contribution in [3.63, 3.8) is 0 Å². The molecule has 0 unspecified atom stereocenters. The Labute approximate surface area is 214 Å². The number of benzene rings is 3. The van der Waals surface area contributed by atoms with Gasteiger partial charge < -0.3 is 10.4 Å². The Kier molecular flexibility index (Phi) is 6.09. The Balaban J connectivity index is 1.72. The van der Waals surface area contributed by atoms with Crippen molar-refractivity contribution in [3.8, 4) is 17.1 Å². The third-order valence-electron chi connectivity index (χ3n) is 6.98. The Morgan fingerprint density at radius 2 is 1.16 bits per heavy atom. The van der Waals surface area contributed by atoms with Crippen LogP contribution in [0.1, 0.15) is 28.6 Å². The van der Waals surface area contributed by atoms with E-state index in [1.165, 1.54) is 0 Å². The average Bonchev–Trinajstić information content (AvgIpc) is 3.26. The fourth-order valence-corrected chi connectivity index (χ4v) is 4.84. The maximum atomic E-state index is 13.9. The van der Waals surface area contributed by atoms with Gasteiger partial charge in [-0.2, -0.15) is 0 Å². The van der Waals surface area contributed by atoms with Gasteiger partial charge in [0.1, 0.15) is 11.4 Å². The van der Waals surface area contributed by atoms with Crippen molar-refractivity contribution >= 4 is 5.69 Å². The van der Waals surface area contributed by atoms with Crippen molar-refractivity contribution in [1.82, 2.24) is 18.7 Å². The molecule has 0 saturated carbocycles. The molecule has 8 nitrogen and oxygen atoms in total. The molecular weight excluding hydrogens is 466 g/mol. The van der Waals surface area contributed by atoms with E-state index in [1.807, 2.05) is 88.6 Å². The minimum atomic E-state index is -0.775. The number of para-hydroxylation sites is 3. The molecule has 0 aliphatic heterocycles. The molecule has 5 rings (SSSR count). The maximum absolute atomic E-state index is 13.9. The minimum absolute atomic E-state index is 0.0332. The lowest BCUT2D eigenvalue weighted by Gasteiger charge is -2.20. The maximum Gasteiger partial charge on any atom is 0.295 e. The number of nitrogens with zero attached hydrogens (tertiary/aromatic N) is 4. The number of hydrogen-bond donors (Lipinski definition) is 2. The zero-order valence-electron chi connectivity index (χ0n) is 21.2. The number of rotatable bonds is 6. The fraction of sp³-hybridized carbons (Fsp3) is 0.172. The standard InChI is InChI=1S/C29H29N5O3/c1-19-25(28(36)33(31(19)3)21-13-7-5-8-14-21)27(23-17-11-12-18-24(23)35)30-26-20(2)32(4)34(29(26)37)22-15-9-6-10-16-22/h5-18,27,30,35H,1-4H3/t27-/m0/s1. The molecule has 1 atom stereocenters. The van der Waals surface area contributed by atoms with E-state index in [-0.39, 0.29) is 16.9 Å². The summed E-state index contributed by atoms with van der Waals surface area (Å²) in [6.07, 6.45) is 0. The van der Waals surface area contributed by atoms with E-state index in [2.05, 4.69) is 5.32 Å². The Morgan fingerprint density at radius 1 is 0.676 bits per heavy atom. The molecule has 0 saturated heterocycles. The highest BCUT2D eigenvalue weighted by molar-refractivity contribution is 5.56. The summed E-state index contributed by atoms with van der Waals surface area (Å²) in [7, 11) is 3.64. The lowest BCUT2D eigenvalue weighted by molar-refractivity contribution is 0.466. The number of phenolic OH excluding ortho intramolecular Hbond substituents is 1. The molecule has 0 bridgehead atoms. The number of nitrogens with one attached hydrogen (secondary N) is 1. The second-order valence-corrected chi connectivity index (χ2v) is 9.05. The van der Waals surface area contributed by atoms with Crippen molar-refractivity contribution in [2.24, 2.45) is 14.1 Å². The van der Waals surface area contributed by atoms with E-state index in [9.17, 15) is 14.7 Å². The molecule has 0 fully saturated rings. The van der Waals surface area contributed by atoms with Gasteiger partial charge in [0.2, 0.25) is 0 Å². The molecule has 0 aliphatic carbocycles. The summed E-state index contributed by atoms with van der Waals surface area (Å²) < 4.78 is 6.75.